The van der Waals surface area contributed by atoms with Crippen molar-refractivity contribution in [3.05, 3.63) is 42.1 Å². The van der Waals surface area contributed by atoms with Gasteiger partial charge in [-0.2, -0.15) is 0 Å². The highest BCUT2D eigenvalue weighted by Gasteiger charge is 2.24. The number of carbonyl (C=O) groups is 1. The maximum absolute atomic E-state index is 12.0. The van der Waals surface area contributed by atoms with Crippen LogP contribution in [0.25, 0.3) is 10.9 Å². The van der Waals surface area contributed by atoms with E-state index in [9.17, 15) is 9.90 Å². The van der Waals surface area contributed by atoms with Crippen LogP contribution >= 0.6 is 0 Å². The number of aliphatic hydroxyl groups is 1. The summed E-state index contributed by atoms with van der Waals surface area (Å²) in [6, 6.07) is 9.51. The fourth-order valence-corrected chi connectivity index (χ4v) is 2.54. The summed E-state index contributed by atoms with van der Waals surface area (Å²) >= 11 is 0. The summed E-state index contributed by atoms with van der Waals surface area (Å²) in [7, 11) is 0. The number of pyridine rings is 1. The van der Waals surface area contributed by atoms with Gasteiger partial charge in [0, 0.05) is 18.1 Å². The molecule has 0 aliphatic carbocycles. The molecule has 0 spiro atoms. The topological polar surface area (TPSA) is 74.2 Å². The van der Waals surface area contributed by atoms with Crippen LogP contribution in [0.4, 0.5) is 4.79 Å². The lowest BCUT2D eigenvalue weighted by Gasteiger charge is -2.28. The number of rotatable bonds is 6. The first-order valence-electron chi connectivity index (χ1n) is 7.57. The predicted molar refractivity (Wildman–Crippen MR) is 87.5 cm³/mol. The van der Waals surface area contributed by atoms with Gasteiger partial charge in [-0.05, 0) is 25.0 Å². The minimum atomic E-state index is -0.587. The zero-order chi connectivity index (χ0) is 16.0. The lowest BCUT2D eigenvalue weighted by Crippen LogP contribution is -2.52. The SMILES string of the molecule is CCCC(C)(CO)NC(=O)NCc1cccc2cccnc12. The first-order valence-corrected chi connectivity index (χ1v) is 7.57. The molecule has 1 atom stereocenters. The van der Waals surface area contributed by atoms with E-state index in [0.717, 1.165) is 29.3 Å². The maximum atomic E-state index is 12.0. The van der Waals surface area contributed by atoms with Crippen molar-refractivity contribution in [1.82, 2.24) is 15.6 Å². The van der Waals surface area contributed by atoms with E-state index in [4.69, 9.17) is 0 Å². The highest BCUT2D eigenvalue weighted by atomic mass is 16.3. The van der Waals surface area contributed by atoms with Gasteiger partial charge >= 0.3 is 6.03 Å². The maximum Gasteiger partial charge on any atom is 0.315 e. The summed E-state index contributed by atoms with van der Waals surface area (Å²) in [5, 5.41) is 16.2. The van der Waals surface area contributed by atoms with Crippen molar-refractivity contribution in [2.24, 2.45) is 0 Å². The average molecular weight is 301 g/mol. The normalized spacial score (nSPS) is 13.6. The molecular formula is C17H23N3O2. The van der Waals surface area contributed by atoms with Crippen molar-refractivity contribution < 1.29 is 9.90 Å². The Labute approximate surface area is 130 Å². The van der Waals surface area contributed by atoms with Gasteiger partial charge in [-0.25, -0.2) is 4.79 Å². The molecule has 0 radical (unpaired) electrons. The Morgan fingerprint density at radius 1 is 1.32 bits per heavy atom. The van der Waals surface area contributed by atoms with E-state index >= 15 is 0 Å². The molecule has 1 unspecified atom stereocenters. The monoisotopic (exact) mass is 301 g/mol. The number of hydrogen-bond acceptors (Lipinski definition) is 3. The molecule has 1 aromatic carbocycles. The number of nitrogens with one attached hydrogen (secondary N) is 2. The first-order chi connectivity index (χ1) is 10.6. The lowest BCUT2D eigenvalue weighted by atomic mass is 9.98. The summed E-state index contributed by atoms with van der Waals surface area (Å²) in [5.74, 6) is 0. The zero-order valence-electron chi connectivity index (χ0n) is 13.1. The standard InChI is InChI=1S/C17H23N3O2/c1-3-9-17(2,12-21)20-16(22)19-11-14-7-4-6-13-8-5-10-18-15(13)14/h4-8,10,21H,3,9,11-12H2,1-2H3,(H2,19,20,22). The van der Waals surface area contributed by atoms with Gasteiger partial charge in [-0.3, -0.25) is 4.98 Å². The van der Waals surface area contributed by atoms with Crippen LogP contribution in [0.2, 0.25) is 0 Å². The smallest absolute Gasteiger partial charge is 0.315 e. The molecule has 2 rings (SSSR count). The summed E-state index contributed by atoms with van der Waals surface area (Å²) in [4.78, 5) is 16.4. The fraction of sp³-hybridized carbons (Fsp3) is 0.412. The largest absolute Gasteiger partial charge is 0.394 e. The highest BCUT2D eigenvalue weighted by molar-refractivity contribution is 5.82. The molecule has 0 bridgehead atoms. The minimum absolute atomic E-state index is 0.0793. The van der Waals surface area contributed by atoms with E-state index < -0.39 is 5.54 Å². The molecular weight excluding hydrogens is 278 g/mol. The van der Waals surface area contributed by atoms with Gasteiger partial charge < -0.3 is 15.7 Å². The second-order valence-electron chi connectivity index (χ2n) is 5.77. The van der Waals surface area contributed by atoms with Gasteiger partial charge in [-0.1, -0.05) is 37.6 Å². The number of amides is 2. The van der Waals surface area contributed by atoms with Crippen LogP contribution in [0.1, 0.15) is 32.3 Å². The van der Waals surface area contributed by atoms with E-state index in [1.165, 1.54) is 0 Å². The molecule has 0 saturated heterocycles. The van der Waals surface area contributed by atoms with Gasteiger partial charge in [0.2, 0.25) is 0 Å². The first kappa shape index (κ1) is 16.2. The molecule has 22 heavy (non-hydrogen) atoms. The number of hydrogen-bond donors (Lipinski definition) is 3. The molecule has 118 valence electrons. The average Bonchev–Trinajstić information content (AvgIpc) is 2.53. The van der Waals surface area contributed by atoms with Crippen molar-refractivity contribution in [1.29, 1.82) is 0 Å². The van der Waals surface area contributed by atoms with Crippen LogP contribution < -0.4 is 10.6 Å². The van der Waals surface area contributed by atoms with Crippen LogP contribution in [-0.4, -0.2) is 28.3 Å². The van der Waals surface area contributed by atoms with Gasteiger partial charge in [0.1, 0.15) is 0 Å². The van der Waals surface area contributed by atoms with Crippen LogP contribution in [-0.2, 0) is 6.54 Å². The molecule has 1 aromatic heterocycles. The van der Waals surface area contributed by atoms with Crippen LogP contribution in [0.3, 0.4) is 0 Å². The van der Waals surface area contributed by atoms with Crippen LogP contribution in [0.5, 0.6) is 0 Å². The third-order valence-corrected chi connectivity index (χ3v) is 3.72. The van der Waals surface area contributed by atoms with Crippen molar-refractivity contribution >= 4 is 16.9 Å². The number of para-hydroxylation sites is 1. The Morgan fingerprint density at radius 2 is 2.09 bits per heavy atom. The fourth-order valence-electron chi connectivity index (χ4n) is 2.54. The van der Waals surface area contributed by atoms with Gasteiger partial charge in [0.05, 0.1) is 17.7 Å². The number of aromatic nitrogens is 1. The van der Waals surface area contributed by atoms with E-state index in [1.54, 1.807) is 6.20 Å². The van der Waals surface area contributed by atoms with E-state index in [1.807, 2.05) is 44.2 Å². The third kappa shape index (κ3) is 3.95. The Balaban J connectivity index is 2.01. The van der Waals surface area contributed by atoms with Crippen LogP contribution in [0, 0.1) is 0 Å². The van der Waals surface area contributed by atoms with Gasteiger partial charge in [-0.15, -0.1) is 0 Å². The van der Waals surface area contributed by atoms with E-state index in [0.29, 0.717) is 6.54 Å². The van der Waals surface area contributed by atoms with Crippen molar-refractivity contribution in [2.75, 3.05) is 6.61 Å². The molecule has 0 aliphatic heterocycles. The molecule has 0 saturated carbocycles. The lowest BCUT2D eigenvalue weighted by molar-refractivity contribution is 0.163. The predicted octanol–water partition coefficient (Wildman–Crippen LogP) is 2.59. The second kappa shape index (κ2) is 7.22. The quantitative estimate of drug-likeness (QED) is 0.767. The summed E-state index contributed by atoms with van der Waals surface area (Å²) < 4.78 is 0. The molecule has 5 heteroatoms. The zero-order valence-corrected chi connectivity index (χ0v) is 13.1. The van der Waals surface area contributed by atoms with Crippen LogP contribution in [0.15, 0.2) is 36.5 Å². The third-order valence-electron chi connectivity index (χ3n) is 3.72. The number of fused-ring (bicyclic) bond motifs is 1. The Kier molecular flexibility index (Phi) is 5.33. The van der Waals surface area contributed by atoms with Gasteiger partial charge in [0.25, 0.3) is 0 Å². The van der Waals surface area contributed by atoms with E-state index in [2.05, 4.69) is 15.6 Å². The molecule has 5 nitrogen and oxygen atoms in total. The van der Waals surface area contributed by atoms with Crippen molar-refractivity contribution in [2.45, 2.75) is 38.8 Å². The molecule has 3 N–H and O–H groups in total. The summed E-state index contributed by atoms with van der Waals surface area (Å²) in [5.41, 5.74) is 1.27. The van der Waals surface area contributed by atoms with Crippen molar-refractivity contribution in [3.63, 3.8) is 0 Å². The summed E-state index contributed by atoms with van der Waals surface area (Å²) in [6.45, 7) is 4.18. The molecule has 1 heterocycles. The number of urea groups is 1. The number of carbonyl (C=O) groups excluding carboxylic acids is 1. The summed E-state index contributed by atoms with van der Waals surface area (Å²) in [6.07, 6.45) is 3.37. The molecule has 0 fully saturated rings. The Bertz CT molecular complexity index is 639. The number of benzene rings is 1. The minimum Gasteiger partial charge on any atom is -0.394 e. The molecule has 2 amide bonds. The van der Waals surface area contributed by atoms with Gasteiger partial charge in [0.15, 0.2) is 0 Å². The molecule has 2 aromatic rings. The molecule has 0 aliphatic rings. The number of nitrogens with zero attached hydrogens (tertiary/aromatic N) is 1. The van der Waals surface area contributed by atoms with E-state index in [-0.39, 0.29) is 12.6 Å². The Hall–Kier alpha value is -2.14. The Morgan fingerprint density at radius 3 is 2.82 bits per heavy atom. The van der Waals surface area contributed by atoms with Crippen molar-refractivity contribution in [3.8, 4) is 0 Å². The highest BCUT2D eigenvalue weighted by Crippen LogP contribution is 2.16. The number of aliphatic hydroxyl groups excluding tert-OH is 1. The second-order valence-corrected chi connectivity index (χ2v) is 5.77.